The summed E-state index contributed by atoms with van der Waals surface area (Å²) >= 11 is 1.40. The molecule has 4 aromatic rings. The second kappa shape index (κ2) is 13.2. The molecule has 212 valence electrons. The summed E-state index contributed by atoms with van der Waals surface area (Å²) in [4.78, 5) is 26.3. The van der Waals surface area contributed by atoms with Crippen LogP contribution in [0.3, 0.4) is 0 Å². The molecule has 0 bridgehead atoms. The summed E-state index contributed by atoms with van der Waals surface area (Å²) < 4.78 is 48.8. The van der Waals surface area contributed by atoms with Gasteiger partial charge in [0, 0.05) is 29.6 Å². The fourth-order valence-corrected chi connectivity index (χ4v) is 4.63. The average molecular weight is 576 g/mol. The number of carboxylic acids is 1. The van der Waals surface area contributed by atoms with Gasteiger partial charge in [0.1, 0.15) is 16.5 Å². The number of hydrogen-bond acceptors (Lipinski definition) is 6. The maximum Gasteiger partial charge on any atom is 0.573 e. The summed E-state index contributed by atoms with van der Waals surface area (Å²) in [6.07, 6.45) is -3.43. The minimum absolute atomic E-state index is 0.0942. The van der Waals surface area contributed by atoms with Gasteiger partial charge < -0.3 is 24.9 Å². The molecule has 0 unspecified atom stereocenters. The first kappa shape index (κ1) is 30.2. The number of alkyl halides is 3. The number of rotatable bonds is 9. The van der Waals surface area contributed by atoms with Crippen LogP contribution in [0.15, 0.2) is 60.0 Å². The van der Waals surface area contributed by atoms with Crippen LogP contribution >= 0.6 is 11.3 Å². The van der Waals surface area contributed by atoms with E-state index in [1.54, 1.807) is 24.7 Å². The van der Waals surface area contributed by atoms with Gasteiger partial charge in [-0.3, -0.25) is 4.79 Å². The SMILES string of the molecule is CCCC(N)=O.COc1ccc(-c2nc(-c3cc(C(=O)O)c(C)n3Cc3cccc(OC(F)(F)F)c3)cs2)cc1. The van der Waals surface area contributed by atoms with E-state index in [1.165, 1.54) is 35.6 Å². The predicted molar refractivity (Wildman–Crippen MR) is 146 cm³/mol. The van der Waals surface area contributed by atoms with Crippen molar-refractivity contribution >= 4 is 23.2 Å². The van der Waals surface area contributed by atoms with E-state index in [2.05, 4.69) is 9.72 Å². The van der Waals surface area contributed by atoms with Gasteiger partial charge in [-0.15, -0.1) is 24.5 Å². The van der Waals surface area contributed by atoms with Crippen molar-refractivity contribution in [1.29, 1.82) is 0 Å². The highest BCUT2D eigenvalue weighted by Gasteiger charge is 2.31. The number of thiazole rings is 1. The minimum Gasteiger partial charge on any atom is -0.497 e. The predicted octanol–water partition coefficient (Wildman–Crippen LogP) is 6.51. The van der Waals surface area contributed by atoms with Crippen molar-refractivity contribution in [2.45, 2.75) is 39.6 Å². The number of carboxylic acid groups (broad SMARTS) is 1. The Bertz CT molecular complexity index is 1460. The summed E-state index contributed by atoms with van der Waals surface area (Å²) in [5, 5.41) is 12.2. The molecule has 3 N–H and O–H groups in total. The number of nitrogens with two attached hydrogens (primary N) is 1. The largest absolute Gasteiger partial charge is 0.573 e. The molecule has 0 fully saturated rings. The zero-order chi connectivity index (χ0) is 29.4. The van der Waals surface area contributed by atoms with Crippen molar-refractivity contribution in [2.75, 3.05) is 7.11 Å². The van der Waals surface area contributed by atoms with Gasteiger partial charge in [0.05, 0.1) is 24.1 Å². The van der Waals surface area contributed by atoms with Crippen molar-refractivity contribution in [3.05, 3.63) is 76.8 Å². The Labute approximate surface area is 232 Å². The van der Waals surface area contributed by atoms with Gasteiger partial charge >= 0.3 is 12.3 Å². The molecule has 0 aliphatic heterocycles. The molecule has 0 atom stereocenters. The van der Waals surface area contributed by atoms with E-state index in [1.807, 2.05) is 36.6 Å². The van der Waals surface area contributed by atoms with Gasteiger partial charge in [0.15, 0.2) is 0 Å². The number of aromatic nitrogens is 2. The van der Waals surface area contributed by atoms with Crippen LogP contribution in [0, 0.1) is 6.92 Å². The zero-order valence-electron chi connectivity index (χ0n) is 22.0. The van der Waals surface area contributed by atoms with Crippen LogP contribution < -0.4 is 15.2 Å². The lowest BCUT2D eigenvalue weighted by molar-refractivity contribution is -0.274. The lowest BCUT2D eigenvalue weighted by atomic mass is 10.2. The molecular weight excluding hydrogens is 547 g/mol. The smallest absolute Gasteiger partial charge is 0.497 e. The molecule has 4 rings (SSSR count). The van der Waals surface area contributed by atoms with Crippen molar-refractivity contribution in [2.24, 2.45) is 5.73 Å². The maximum absolute atomic E-state index is 12.6. The van der Waals surface area contributed by atoms with Crippen molar-refractivity contribution < 1.29 is 37.3 Å². The fraction of sp³-hybridized carbons (Fsp3) is 0.250. The van der Waals surface area contributed by atoms with Crippen molar-refractivity contribution in [3.63, 3.8) is 0 Å². The van der Waals surface area contributed by atoms with Crippen LogP contribution in [0.4, 0.5) is 13.2 Å². The summed E-state index contributed by atoms with van der Waals surface area (Å²) in [5.41, 5.74) is 7.83. The first-order valence-corrected chi connectivity index (χ1v) is 13.0. The quantitative estimate of drug-likeness (QED) is 0.235. The Morgan fingerprint density at radius 2 is 1.80 bits per heavy atom. The van der Waals surface area contributed by atoms with E-state index in [9.17, 15) is 27.9 Å². The molecule has 0 spiro atoms. The van der Waals surface area contributed by atoms with Crippen LogP contribution in [-0.4, -0.2) is 40.0 Å². The van der Waals surface area contributed by atoms with Crippen LogP contribution in [0.2, 0.25) is 0 Å². The molecule has 8 nitrogen and oxygen atoms in total. The normalized spacial score (nSPS) is 10.9. The first-order chi connectivity index (χ1) is 18.9. The van der Waals surface area contributed by atoms with Gasteiger partial charge in [0.2, 0.25) is 5.91 Å². The number of carbonyl (C=O) groups excluding carboxylic acids is 1. The standard InChI is InChI=1S/C24H19F3N2O4S.C4H9NO/c1-14-19(23(30)31)11-21(20-13-34-22(28-20)16-6-8-17(32-2)9-7-16)29(14)12-15-4-3-5-18(10-15)33-24(25,26)27;1-2-3-4(5)6/h3-11,13H,12H2,1-2H3,(H,30,31);2-3H2,1H3,(H2,5,6). The van der Waals surface area contributed by atoms with E-state index in [-0.39, 0.29) is 23.8 Å². The van der Waals surface area contributed by atoms with E-state index in [0.29, 0.717) is 34.8 Å². The number of ether oxygens (including phenoxy) is 2. The number of amides is 1. The van der Waals surface area contributed by atoms with Gasteiger partial charge in [0.25, 0.3) is 0 Å². The van der Waals surface area contributed by atoms with Crippen molar-refractivity contribution in [1.82, 2.24) is 9.55 Å². The Kier molecular flexibility index (Phi) is 9.94. The first-order valence-electron chi connectivity index (χ1n) is 12.1. The number of hydrogen-bond donors (Lipinski definition) is 2. The Balaban J connectivity index is 0.000000663. The lowest BCUT2D eigenvalue weighted by Gasteiger charge is -2.13. The molecule has 40 heavy (non-hydrogen) atoms. The highest BCUT2D eigenvalue weighted by Crippen LogP contribution is 2.33. The molecule has 0 saturated heterocycles. The molecule has 2 aromatic heterocycles. The summed E-state index contributed by atoms with van der Waals surface area (Å²) in [7, 11) is 1.58. The van der Waals surface area contributed by atoms with Crippen LogP contribution in [0.1, 0.15) is 41.4 Å². The van der Waals surface area contributed by atoms with Gasteiger partial charge in [-0.1, -0.05) is 19.1 Å². The molecule has 2 heterocycles. The zero-order valence-corrected chi connectivity index (χ0v) is 22.8. The van der Waals surface area contributed by atoms with Crippen molar-refractivity contribution in [3.8, 4) is 33.5 Å². The minimum atomic E-state index is -4.80. The highest BCUT2D eigenvalue weighted by atomic mass is 32.1. The summed E-state index contributed by atoms with van der Waals surface area (Å²) in [6.45, 7) is 3.71. The number of benzene rings is 2. The molecule has 2 aromatic carbocycles. The number of methoxy groups -OCH3 is 1. The highest BCUT2D eigenvalue weighted by molar-refractivity contribution is 7.13. The van der Waals surface area contributed by atoms with E-state index >= 15 is 0 Å². The molecule has 0 aliphatic carbocycles. The van der Waals surface area contributed by atoms with Crippen LogP contribution in [0.25, 0.3) is 22.0 Å². The third-order valence-corrected chi connectivity index (χ3v) is 6.56. The van der Waals surface area contributed by atoms with Crippen LogP contribution in [0.5, 0.6) is 11.5 Å². The lowest BCUT2D eigenvalue weighted by Crippen LogP contribution is -2.17. The third-order valence-electron chi connectivity index (χ3n) is 5.67. The fourth-order valence-electron chi connectivity index (χ4n) is 3.81. The number of carbonyl (C=O) groups is 2. The van der Waals surface area contributed by atoms with Crippen LogP contribution in [-0.2, 0) is 11.3 Å². The summed E-state index contributed by atoms with van der Waals surface area (Å²) in [5.74, 6) is -0.937. The van der Waals surface area contributed by atoms with E-state index in [4.69, 9.17) is 10.5 Å². The number of nitrogens with zero attached hydrogens (tertiary/aromatic N) is 2. The topological polar surface area (TPSA) is 117 Å². The molecule has 12 heteroatoms. The van der Waals surface area contributed by atoms with Gasteiger partial charge in [-0.2, -0.15) is 0 Å². The Morgan fingerprint density at radius 3 is 2.35 bits per heavy atom. The van der Waals surface area contributed by atoms with Gasteiger partial charge in [-0.25, -0.2) is 9.78 Å². The second-order valence-corrected chi connectivity index (χ2v) is 9.46. The molecule has 0 radical (unpaired) electrons. The Hall–Kier alpha value is -4.32. The molecular formula is C28H28F3N3O5S. The second-order valence-electron chi connectivity index (χ2n) is 8.60. The van der Waals surface area contributed by atoms with Gasteiger partial charge in [-0.05, 0) is 61.4 Å². The summed E-state index contributed by atoms with van der Waals surface area (Å²) in [6, 6.07) is 14.5. The third kappa shape index (κ3) is 8.09. The maximum atomic E-state index is 12.6. The van der Waals surface area contributed by atoms with E-state index < -0.39 is 12.3 Å². The number of halogens is 3. The number of aromatic carboxylic acids is 1. The average Bonchev–Trinajstić information content (AvgIpc) is 3.49. The Morgan fingerprint density at radius 1 is 1.10 bits per heavy atom. The molecule has 0 saturated carbocycles. The molecule has 0 aliphatic rings. The molecule has 1 amide bonds. The van der Waals surface area contributed by atoms with E-state index in [0.717, 1.165) is 17.0 Å². The monoisotopic (exact) mass is 575 g/mol. The number of primary amides is 1.